The molecular formula is C5H9Bi. The molecule has 0 aromatic heterocycles. The van der Waals surface area contributed by atoms with Crippen molar-refractivity contribution >= 4 is 26.2 Å². The fourth-order valence-electron chi connectivity index (χ4n) is 0.393. The Bertz CT molecular complexity index is 62.0. The fraction of sp³-hybridized carbons (Fsp3) is 0.200. The number of allylic oxidation sites excluding steroid dienone is 4. The summed E-state index contributed by atoms with van der Waals surface area (Å²) in [4.78, 5) is 0. The van der Waals surface area contributed by atoms with Crippen molar-refractivity contribution in [3.05, 3.63) is 24.3 Å². The second-order valence-corrected chi connectivity index (χ2v) is 1.09. The molecule has 0 fully saturated rings. The Labute approximate surface area is 57.1 Å². The third kappa shape index (κ3) is 1.72. The molecule has 1 aliphatic carbocycles. The van der Waals surface area contributed by atoms with E-state index >= 15 is 0 Å². The van der Waals surface area contributed by atoms with Crippen molar-refractivity contribution in [2.45, 2.75) is 6.42 Å². The maximum atomic E-state index is 2.12. The summed E-state index contributed by atoms with van der Waals surface area (Å²) >= 11 is 0. The van der Waals surface area contributed by atoms with Gasteiger partial charge in [-0.05, 0) is 6.42 Å². The molecule has 0 aromatic rings. The molecule has 0 aliphatic heterocycles. The van der Waals surface area contributed by atoms with Crippen molar-refractivity contribution in [3.8, 4) is 0 Å². The molecule has 0 saturated heterocycles. The average Bonchev–Trinajstić information content (AvgIpc) is 1.76. The predicted molar refractivity (Wildman–Crippen MR) is 32.8 cm³/mol. The van der Waals surface area contributed by atoms with Crippen molar-refractivity contribution in [1.29, 1.82) is 0 Å². The van der Waals surface area contributed by atoms with Gasteiger partial charge in [-0.25, -0.2) is 0 Å². The molecule has 0 amide bonds. The Kier molecular flexibility index (Phi) is 3.76. The van der Waals surface area contributed by atoms with Gasteiger partial charge in [0, 0.05) is 0 Å². The molecule has 0 saturated carbocycles. The van der Waals surface area contributed by atoms with E-state index in [1.54, 1.807) is 0 Å². The zero-order chi connectivity index (χ0) is 3.54. The summed E-state index contributed by atoms with van der Waals surface area (Å²) in [6.07, 6.45) is 9.50. The van der Waals surface area contributed by atoms with Gasteiger partial charge in [0.15, 0.2) is 0 Å². The van der Waals surface area contributed by atoms with Crippen LogP contribution in [-0.4, -0.2) is 26.2 Å². The SMILES string of the molecule is C1=CCC=C1.[BiH3]. The summed E-state index contributed by atoms with van der Waals surface area (Å²) in [5.74, 6) is 0. The van der Waals surface area contributed by atoms with Gasteiger partial charge < -0.3 is 0 Å². The molecule has 0 bridgehead atoms. The van der Waals surface area contributed by atoms with Crippen molar-refractivity contribution < 1.29 is 0 Å². The van der Waals surface area contributed by atoms with Crippen LogP contribution in [0.25, 0.3) is 0 Å². The second kappa shape index (κ2) is 3.55. The first-order valence-corrected chi connectivity index (χ1v) is 1.82. The molecule has 0 nitrogen and oxygen atoms in total. The first kappa shape index (κ1) is 6.36. The van der Waals surface area contributed by atoms with Gasteiger partial charge in [0.25, 0.3) is 0 Å². The molecule has 0 atom stereocenters. The Morgan fingerprint density at radius 1 is 1.00 bits per heavy atom. The molecule has 0 radical (unpaired) electrons. The van der Waals surface area contributed by atoms with Gasteiger partial charge >= 0.3 is 26.2 Å². The predicted octanol–water partition coefficient (Wildman–Crippen LogP) is 0.319. The Morgan fingerprint density at radius 2 is 1.50 bits per heavy atom. The normalized spacial score (nSPS) is 14.7. The molecule has 6 heavy (non-hydrogen) atoms. The van der Waals surface area contributed by atoms with E-state index in [0.29, 0.717) is 0 Å². The standard InChI is InChI=1S/C5H6.Bi.3H/c1-2-4-5-3-1;;;;/h1-4H,5H2;;;;. The third-order valence-corrected chi connectivity index (χ3v) is 0.655. The van der Waals surface area contributed by atoms with Crippen LogP contribution < -0.4 is 0 Å². The minimum absolute atomic E-state index is 0. The van der Waals surface area contributed by atoms with Gasteiger partial charge in [0.1, 0.15) is 0 Å². The van der Waals surface area contributed by atoms with Crippen LogP contribution in [0.1, 0.15) is 6.42 Å². The molecule has 34 valence electrons. The molecule has 1 heteroatoms. The van der Waals surface area contributed by atoms with Crippen LogP contribution in [0, 0.1) is 0 Å². The van der Waals surface area contributed by atoms with E-state index < -0.39 is 0 Å². The second-order valence-electron chi connectivity index (χ2n) is 1.09. The van der Waals surface area contributed by atoms with Crippen molar-refractivity contribution in [3.63, 3.8) is 0 Å². The fourth-order valence-corrected chi connectivity index (χ4v) is 0.393. The van der Waals surface area contributed by atoms with Crippen molar-refractivity contribution in [1.82, 2.24) is 0 Å². The summed E-state index contributed by atoms with van der Waals surface area (Å²) < 4.78 is 0. The van der Waals surface area contributed by atoms with Crippen LogP contribution >= 0.6 is 0 Å². The maximum absolute atomic E-state index is 2.12. The van der Waals surface area contributed by atoms with Gasteiger partial charge in [-0.3, -0.25) is 0 Å². The van der Waals surface area contributed by atoms with E-state index in [1.165, 1.54) is 0 Å². The summed E-state index contributed by atoms with van der Waals surface area (Å²) in [6, 6.07) is 0. The molecule has 1 aliphatic rings. The van der Waals surface area contributed by atoms with Crippen molar-refractivity contribution in [2.75, 3.05) is 0 Å². The van der Waals surface area contributed by atoms with E-state index in [0.717, 1.165) is 6.42 Å². The van der Waals surface area contributed by atoms with Gasteiger partial charge in [0.05, 0.1) is 0 Å². The number of hydrogen-bond acceptors (Lipinski definition) is 0. The van der Waals surface area contributed by atoms with Crippen LogP contribution in [0.15, 0.2) is 24.3 Å². The van der Waals surface area contributed by atoms with Crippen LogP contribution in [0.3, 0.4) is 0 Å². The molecule has 0 N–H and O–H groups in total. The molecule has 0 spiro atoms. The molecule has 0 heterocycles. The zero-order valence-corrected chi connectivity index (χ0v) is 9.22. The average molecular weight is 278 g/mol. The summed E-state index contributed by atoms with van der Waals surface area (Å²) in [7, 11) is 0. The minimum atomic E-state index is 0. The van der Waals surface area contributed by atoms with Gasteiger partial charge in [-0.2, -0.15) is 0 Å². The monoisotopic (exact) mass is 278 g/mol. The Morgan fingerprint density at radius 3 is 1.67 bits per heavy atom. The summed E-state index contributed by atoms with van der Waals surface area (Å²) in [5.41, 5.74) is 0. The van der Waals surface area contributed by atoms with E-state index in [9.17, 15) is 0 Å². The number of rotatable bonds is 0. The quantitative estimate of drug-likeness (QED) is 0.560. The van der Waals surface area contributed by atoms with Crippen LogP contribution in [0.2, 0.25) is 0 Å². The van der Waals surface area contributed by atoms with E-state index in [-0.39, 0.29) is 26.2 Å². The third-order valence-electron chi connectivity index (χ3n) is 0.655. The molecule has 1 rings (SSSR count). The van der Waals surface area contributed by atoms with Crippen molar-refractivity contribution in [2.24, 2.45) is 0 Å². The molecule has 0 unspecified atom stereocenters. The Hall–Kier alpha value is 0.363. The summed E-state index contributed by atoms with van der Waals surface area (Å²) in [6.45, 7) is 0. The van der Waals surface area contributed by atoms with Gasteiger partial charge in [-0.1, -0.05) is 24.3 Å². The molecule has 0 aromatic carbocycles. The Balaban J connectivity index is 0.000000250. The van der Waals surface area contributed by atoms with Gasteiger partial charge in [0.2, 0.25) is 0 Å². The summed E-state index contributed by atoms with van der Waals surface area (Å²) in [5, 5.41) is 0. The van der Waals surface area contributed by atoms with Gasteiger partial charge in [-0.15, -0.1) is 0 Å². The van der Waals surface area contributed by atoms with E-state index in [2.05, 4.69) is 24.3 Å². The molecular weight excluding hydrogens is 269 g/mol. The first-order valence-electron chi connectivity index (χ1n) is 1.82. The number of hydrogen-bond donors (Lipinski definition) is 0. The topological polar surface area (TPSA) is 0 Å². The zero-order valence-electron chi connectivity index (χ0n) is 3.72. The van der Waals surface area contributed by atoms with E-state index in [1.807, 2.05) is 0 Å². The first-order chi connectivity index (χ1) is 2.50. The van der Waals surface area contributed by atoms with E-state index in [4.69, 9.17) is 0 Å². The van der Waals surface area contributed by atoms with Crippen LogP contribution in [0.4, 0.5) is 0 Å². The van der Waals surface area contributed by atoms with Crippen LogP contribution in [-0.2, 0) is 0 Å². The van der Waals surface area contributed by atoms with Crippen LogP contribution in [0.5, 0.6) is 0 Å².